The van der Waals surface area contributed by atoms with E-state index in [9.17, 15) is 9.59 Å². The van der Waals surface area contributed by atoms with E-state index in [0.29, 0.717) is 28.6 Å². The Labute approximate surface area is 169 Å². The maximum absolute atomic E-state index is 12.5. The van der Waals surface area contributed by atoms with Crippen LogP contribution < -0.4 is 10.6 Å². The quantitative estimate of drug-likeness (QED) is 0.748. The maximum atomic E-state index is 12.5. The lowest BCUT2D eigenvalue weighted by molar-refractivity contribution is 0.00672. The van der Waals surface area contributed by atoms with Crippen LogP contribution in [0.4, 0.5) is 5.69 Å². The van der Waals surface area contributed by atoms with Crippen molar-refractivity contribution in [3.63, 3.8) is 0 Å². The molecule has 0 unspecified atom stereocenters. The van der Waals surface area contributed by atoms with Gasteiger partial charge in [-0.05, 0) is 41.6 Å². The Balaban J connectivity index is 1.54. The molecule has 1 atom stereocenters. The Morgan fingerprint density at radius 1 is 1.11 bits per heavy atom. The fraction of sp³-hybridized carbons (Fsp3) is 0.429. The second-order valence-electron chi connectivity index (χ2n) is 7.18. The summed E-state index contributed by atoms with van der Waals surface area (Å²) in [6.45, 7) is 8.25. The largest absolute Gasteiger partial charge is 0.379 e. The number of hydrogen-bond acceptors (Lipinski definition) is 5. The molecular formula is C21H27N3O3S. The molecule has 6 nitrogen and oxygen atoms in total. The van der Waals surface area contributed by atoms with E-state index < -0.39 is 0 Å². The number of rotatable bonds is 7. The van der Waals surface area contributed by atoms with Gasteiger partial charge < -0.3 is 15.4 Å². The minimum absolute atomic E-state index is 0.102. The highest BCUT2D eigenvalue weighted by atomic mass is 32.1. The minimum atomic E-state index is -0.141. The highest BCUT2D eigenvalue weighted by Crippen LogP contribution is 2.15. The number of nitrogens with zero attached hydrogens (tertiary/aromatic N) is 1. The number of carbonyl (C=O) groups excluding carboxylic acids is 2. The SMILES string of the molecule is CC(C)[C@@H](CNC(=O)c1ccc(NC(=O)c2cccs2)cc1)N1CCOCC1. The lowest BCUT2D eigenvalue weighted by atomic mass is 10.0. The Bertz CT molecular complexity index is 769. The highest BCUT2D eigenvalue weighted by molar-refractivity contribution is 7.12. The van der Waals surface area contributed by atoms with Crippen molar-refractivity contribution >= 4 is 28.8 Å². The predicted octanol–water partition coefficient (Wildman–Crippen LogP) is 3.09. The number of amides is 2. The average Bonchev–Trinajstić information content (AvgIpc) is 3.24. The van der Waals surface area contributed by atoms with Crippen LogP contribution in [-0.2, 0) is 4.74 Å². The molecule has 2 heterocycles. The van der Waals surface area contributed by atoms with Crippen molar-refractivity contribution in [3.05, 3.63) is 52.2 Å². The summed E-state index contributed by atoms with van der Waals surface area (Å²) in [6.07, 6.45) is 0. The number of benzene rings is 1. The number of thiophene rings is 1. The van der Waals surface area contributed by atoms with Crippen LogP contribution >= 0.6 is 11.3 Å². The Morgan fingerprint density at radius 2 is 1.82 bits per heavy atom. The van der Waals surface area contributed by atoms with Crippen molar-refractivity contribution in [1.29, 1.82) is 0 Å². The third-order valence-corrected chi connectivity index (χ3v) is 5.77. The standard InChI is InChI=1S/C21H27N3O3S/c1-15(2)18(24-9-11-27-12-10-24)14-22-20(25)16-5-7-17(8-6-16)23-21(26)19-4-3-13-28-19/h3-8,13,15,18H,9-12,14H2,1-2H3,(H,22,25)(H,23,26)/t18-/m1/s1. The molecule has 0 spiro atoms. The summed E-state index contributed by atoms with van der Waals surface area (Å²) in [6, 6.07) is 10.9. The molecular weight excluding hydrogens is 374 g/mol. The molecule has 1 aromatic heterocycles. The van der Waals surface area contributed by atoms with Crippen molar-refractivity contribution in [2.45, 2.75) is 19.9 Å². The summed E-state index contributed by atoms with van der Waals surface area (Å²) in [4.78, 5) is 27.7. The fourth-order valence-electron chi connectivity index (χ4n) is 3.30. The van der Waals surface area contributed by atoms with Crippen molar-refractivity contribution in [1.82, 2.24) is 10.2 Å². The fourth-order valence-corrected chi connectivity index (χ4v) is 3.92. The first kappa shape index (κ1) is 20.5. The maximum Gasteiger partial charge on any atom is 0.265 e. The zero-order chi connectivity index (χ0) is 19.9. The predicted molar refractivity (Wildman–Crippen MR) is 112 cm³/mol. The molecule has 28 heavy (non-hydrogen) atoms. The summed E-state index contributed by atoms with van der Waals surface area (Å²) in [5.41, 5.74) is 1.25. The van der Waals surface area contributed by atoms with Gasteiger partial charge in [-0.1, -0.05) is 19.9 Å². The van der Waals surface area contributed by atoms with E-state index in [1.54, 1.807) is 30.3 Å². The van der Waals surface area contributed by atoms with Crippen LogP contribution in [0.15, 0.2) is 41.8 Å². The van der Waals surface area contributed by atoms with Crippen LogP contribution in [0.25, 0.3) is 0 Å². The van der Waals surface area contributed by atoms with Crippen LogP contribution in [0.1, 0.15) is 33.9 Å². The summed E-state index contributed by atoms with van der Waals surface area (Å²) in [5, 5.41) is 7.76. The molecule has 1 saturated heterocycles. The number of morpholine rings is 1. The lowest BCUT2D eigenvalue weighted by Gasteiger charge is -2.36. The molecule has 0 aliphatic carbocycles. The number of hydrogen-bond donors (Lipinski definition) is 2. The normalized spacial score (nSPS) is 16.0. The van der Waals surface area contributed by atoms with Crippen LogP contribution in [-0.4, -0.2) is 55.6 Å². The van der Waals surface area contributed by atoms with Crippen LogP contribution in [0, 0.1) is 5.92 Å². The van der Waals surface area contributed by atoms with Gasteiger partial charge in [0, 0.05) is 36.9 Å². The van der Waals surface area contributed by atoms with Crippen molar-refractivity contribution in [3.8, 4) is 0 Å². The Hall–Kier alpha value is -2.22. The Kier molecular flexibility index (Phi) is 7.19. The molecule has 2 amide bonds. The molecule has 1 aliphatic heterocycles. The molecule has 0 radical (unpaired) electrons. The first-order valence-corrected chi connectivity index (χ1v) is 10.5. The van der Waals surface area contributed by atoms with E-state index in [-0.39, 0.29) is 17.9 Å². The van der Waals surface area contributed by atoms with Crippen LogP contribution in [0.5, 0.6) is 0 Å². The third-order valence-electron chi connectivity index (χ3n) is 4.91. The molecule has 150 valence electrons. The van der Waals surface area contributed by atoms with Gasteiger partial charge in [0.25, 0.3) is 11.8 Å². The summed E-state index contributed by atoms with van der Waals surface area (Å²) >= 11 is 1.39. The average molecular weight is 402 g/mol. The second-order valence-corrected chi connectivity index (χ2v) is 8.13. The third kappa shape index (κ3) is 5.41. The lowest BCUT2D eigenvalue weighted by Crippen LogP contribution is -2.51. The van der Waals surface area contributed by atoms with Gasteiger partial charge in [0.2, 0.25) is 0 Å². The molecule has 2 aromatic rings. The highest BCUT2D eigenvalue weighted by Gasteiger charge is 2.24. The number of ether oxygens (including phenoxy) is 1. The zero-order valence-electron chi connectivity index (χ0n) is 16.3. The first-order valence-electron chi connectivity index (χ1n) is 9.59. The molecule has 3 rings (SSSR count). The van der Waals surface area contributed by atoms with E-state index in [0.717, 1.165) is 26.3 Å². The summed E-state index contributed by atoms with van der Waals surface area (Å²) in [5.74, 6) is 0.195. The van der Waals surface area contributed by atoms with Gasteiger partial charge in [0.05, 0.1) is 18.1 Å². The molecule has 1 fully saturated rings. The van der Waals surface area contributed by atoms with Gasteiger partial charge in [0.1, 0.15) is 0 Å². The van der Waals surface area contributed by atoms with Crippen LogP contribution in [0.3, 0.4) is 0 Å². The van der Waals surface area contributed by atoms with Crippen molar-refractivity contribution < 1.29 is 14.3 Å². The van der Waals surface area contributed by atoms with E-state index in [1.165, 1.54) is 11.3 Å². The van der Waals surface area contributed by atoms with Crippen LogP contribution in [0.2, 0.25) is 0 Å². The van der Waals surface area contributed by atoms with Gasteiger partial charge in [-0.2, -0.15) is 0 Å². The van der Waals surface area contributed by atoms with Gasteiger partial charge >= 0.3 is 0 Å². The van der Waals surface area contributed by atoms with Gasteiger partial charge in [-0.3, -0.25) is 14.5 Å². The zero-order valence-corrected chi connectivity index (χ0v) is 17.1. The van der Waals surface area contributed by atoms with Gasteiger partial charge in [-0.15, -0.1) is 11.3 Å². The number of carbonyl (C=O) groups is 2. The monoisotopic (exact) mass is 401 g/mol. The van der Waals surface area contributed by atoms with E-state index >= 15 is 0 Å². The second kappa shape index (κ2) is 9.82. The van der Waals surface area contributed by atoms with Crippen molar-refractivity contribution in [2.75, 3.05) is 38.2 Å². The molecule has 7 heteroatoms. The first-order chi connectivity index (χ1) is 13.5. The summed E-state index contributed by atoms with van der Waals surface area (Å²) < 4.78 is 5.43. The van der Waals surface area contributed by atoms with Gasteiger partial charge in [0.15, 0.2) is 0 Å². The topological polar surface area (TPSA) is 70.7 Å². The molecule has 0 saturated carbocycles. The van der Waals surface area contributed by atoms with E-state index in [4.69, 9.17) is 4.74 Å². The molecule has 1 aromatic carbocycles. The van der Waals surface area contributed by atoms with Gasteiger partial charge in [-0.25, -0.2) is 0 Å². The smallest absolute Gasteiger partial charge is 0.265 e. The number of anilines is 1. The number of nitrogens with one attached hydrogen (secondary N) is 2. The van der Waals surface area contributed by atoms with E-state index in [2.05, 4.69) is 29.4 Å². The molecule has 1 aliphatic rings. The minimum Gasteiger partial charge on any atom is -0.379 e. The molecule has 2 N–H and O–H groups in total. The Morgan fingerprint density at radius 3 is 2.43 bits per heavy atom. The molecule has 0 bridgehead atoms. The van der Waals surface area contributed by atoms with Crippen molar-refractivity contribution in [2.24, 2.45) is 5.92 Å². The summed E-state index contributed by atoms with van der Waals surface area (Å²) in [7, 11) is 0. The van der Waals surface area contributed by atoms with E-state index in [1.807, 2.05) is 11.4 Å².